The van der Waals surface area contributed by atoms with Crippen LogP contribution in [0.5, 0.6) is 0 Å². The van der Waals surface area contributed by atoms with Gasteiger partial charge in [0.05, 0.1) is 11.8 Å². The lowest BCUT2D eigenvalue weighted by Gasteiger charge is -2.49. The Balaban J connectivity index is 3.16. The Labute approximate surface area is 154 Å². The van der Waals surface area contributed by atoms with Gasteiger partial charge in [0.15, 0.2) is 0 Å². The molecule has 0 aliphatic heterocycles. The molecule has 0 spiro atoms. The van der Waals surface area contributed by atoms with Gasteiger partial charge in [0.25, 0.3) is 14.3 Å². The maximum atomic E-state index is 13.1. The average molecular weight is 371 g/mol. The van der Waals surface area contributed by atoms with E-state index in [4.69, 9.17) is 4.43 Å². The topological polar surface area (TPSA) is 63.6 Å². The molecule has 146 valence electrons. The predicted molar refractivity (Wildman–Crippen MR) is 104 cm³/mol. The highest BCUT2D eigenvalue weighted by Gasteiger charge is 2.57. The van der Waals surface area contributed by atoms with Gasteiger partial charge in [0, 0.05) is 0 Å². The fourth-order valence-electron chi connectivity index (χ4n) is 5.20. The zero-order chi connectivity index (χ0) is 19.4. The van der Waals surface area contributed by atoms with Crippen molar-refractivity contribution in [2.24, 2.45) is 11.8 Å². The highest BCUT2D eigenvalue weighted by atomic mass is 28.4. The van der Waals surface area contributed by atoms with Gasteiger partial charge in [-0.15, -0.1) is 0 Å². The van der Waals surface area contributed by atoms with Crippen molar-refractivity contribution < 1.29 is 19.1 Å². The molecule has 2 unspecified atom stereocenters. The quantitative estimate of drug-likeness (QED) is 0.524. The number of carboxylic acids is 1. The van der Waals surface area contributed by atoms with E-state index in [-0.39, 0.29) is 11.0 Å². The van der Waals surface area contributed by atoms with E-state index in [0.29, 0.717) is 23.9 Å². The van der Waals surface area contributed by atoms with E-state index in [1.165, 1.54) is 0 Å². The molecule has 0 aromatic rings. The van der Waals surface area contributed by atoms with Gasteiger partial charge in [-0.3, -0.25) is 9.59 Å². The minimum absolute atomic E-state index is 0.0294. The second-order valence-electron chi connectivity index (χ2n) is 8.99. The van der Waals surface area contributed by atoms with Crippen LogP contribution in [-0.2, 0) is 14.0 Å². The number of aliphatic carboxylic acids is 1. The third-order valence-corrected chi connectivity index (χ3v) is 12.7. The normalized spacial score (nSPS) is 21.8. The van der Waals surface area contributed by atoms with Crippen molar-refractivity contribution in [3.05, 3.63) is 0 Å². The third-order valence-electron chi connectivity index (χ3n) is 6.33. The number of rotatable bonds is 9. The highest BCUT2D eigenvalue weighted by molar-refractivity contribution is 6.80. The van der Waals surface area contributed by atoms with Gasteiger partial charge in [0.2, 0.25) is 0 Å². The van der Waals surface area contributed by atoms with Crippen LogP contribution in [0.3, 0.4) is 0 Å². The smallest absolute Gasteiger partial charge is 0.307 e. The van der Waals surface area contributed by atoms with Crippen molar-refractivity contribution in [2.45, 2.75) is 103 Å². The summed E-state index contributed by atoms with van der Waals surface area (Å²) in [5.41, 5.74) is 0.598. The molecule has 0 aromatic heterocycles. The Morgan fingerprint density at radius 2 is 1.64 bits per heavy atom. The molecule has 4 nitrogen and oxygen atoms in total. The number of unbranched alkanes of at least 4 members (excludes halogenated alkanes) is 1. The van der Waals surface area contributed by atoms with Crippen molar-refractivity contribution in [1.82, 2.24) is 0 Å². The van der Waals surface area contributed by atoms with E-state index >= 15 is 0 Å². The van der Waals surface area contributed by atoms with Crippen molar-refractivity contribution in [3.63, 3.8) is 0 Å². The summed E-state index contributed by atoms with van der Waals surface area (Å²) in [5.74, 6) is -2.14. The Morgan fingerprint density at radius 1 is 1.12 bits per heavy atom. The summed E-state index contributed by atoms with van der Waals surface area (Å²) >= 11 is 0. The van der Waals surface area contributed by atoms with Crippen LogP contribution in [0.1, 0.15) is 87.0 Å². The van der Waals surface area contributed by atoms with Gasteiger partial charge >= 0.3 is 5.97 Å². The molecule has 1 saturated carbocycles. The van der Waals surface area contributed by atoms with Crippen molar-refractivity contribution >= 4 is 20.3 Å². The van der Waals surface area contributed by atoms with E-state index in [9.17, 15) is 14.7 Å². The molecule has 0 aromatic carbocycles. The molecular formula is C20H38O4Si. The van der Waals surface area contributed by atoms with Gasteiger partial charge in [-0.05, 0) is 35.4 Å². The Hall–Kier alpha value is -0.843. The summed E-state index contributed by atoms with van der Waals surface area (Å²) in [6, 6.07) is 0. The monoisotopic (exact) mass is 370 g/mol. The fraction of sp³-hybridized carbons (Fsp3) is 0.900. The van der Waals surface area contributed by atoms with Gasteiger partial charge in [-0.2, -0.15) is 0 Å². The maximum Gasteiger partial charge on any atom is 0.307 e. The highest BCUT2D eigenvalue weighted by Crippen LogP contribution is 2.54. The van der Waals surface area contributed by atoms with E-state index < -0.39 is 26.1 Å². The number of hydrogen-bond donors (Lipinski definition) is 1. The Kier molecular flexibility index (Phi) is 7.72. The van der Waals surface area contributed by atoms with Crippen LogP contribution in [0, 0.1) is 11.8 Å². The fourth-order valence-corrected chi connectivity index (χ4v) is 11.5. The SMILES string of the molecule is CCCCC(C)(C)[Si](OC(=O)C1CCCC1C(=O)O)(C(C)C)C(C)C. The molecule has 0 radical (unpaired) electrons. The summed E-state index contributed by atoms with van der Waals surface area (Å²) in [6.45, 7) is 15.4. The first kappa shape index (κ1) is 22.2. The van der Waals surface area contributed by atoms with E-state index in [1.54, 1.807) is 0 Å². The first-order valence-corrected chi connectivity index (χ1v) is 12.0. The molecule has 1 fully saturated rings. The van der Waals surface area contributed by atoms with Crippen LogP contribution in [0.4, 0.5) is 0 Å². The lowest BCUT2D eigenvalue weighted by atomic mass is 9.97. The minimum Gasteiger partial charge on any atom is -0.518 e. The number of hydrogen-bond acceptors (Lipinski definition) is 3. The summed E-state index contributed by atoms with van der Waals surface area (Å²) in [5, 5.41) is 9.40. The molecule has 1 rings (SSSR count). The zero-order valence-corrected chi connectivity index (χ0v) is 18.2. The lowest BCUT2D eigenvalue weighted by molar-refractivity contribution is -0.151. The summed E-state index contributed by atoms with van der Waals surface area (Å²) < 4.78 is 6.42. The summed E-state index contributed by atoms with van der Waals surface area (Å²) in [7, 11) is -2.45. The first-order chi connectivity index (χ1) is 11.5. The average Bonchev–Trinajstić information content (AvgIpc) is 2.99. The first-order valence-electron chi connectivity index (χ1n) is 9.96. The molecule has 0 saturated heterocycles. The Bertz CT molecular complexity index is 462. The van der Waals surface area contributed by atoms with Crippen LogP contribution in [0.15, 0.2) is 0 Å². The van der Waals surface area contributed by atoms with Crippen LogP contribution in [-0.4, -0.2) is 25.4 Å². The summed E-state index contributed by atoms with van der Waals surface area (Å²) in [4.78, 5) is 24.5. The molecular weight excluding hydrogens is 332 g/mol. The van der Waals surface area contributed by atoms with E-state index in [0.717, 1.165) is 25.7 Å². The molecule has 1 N–H and O–H groups in total. The number of carbonyl (C=O) groups is 2. The number of carbonyl (C=O) groups excluding carboxylic acids is 1. The third kappa shape index (κ3) is 4.47. The molecule has 5 heteroatoms. The van der Waals surface area contributed by atoms with Gasteiger partial charge in [0.1, 0.15) is 0 Å². The van der Waals surface area contributed by atoms with Crippen LogP contribution in [0.25, 0.3) is 0 Å². The molecule has 1 aliphatic carbocycles. The second-order valence-corrected chi connectivity index (χ2v) is 14.4. The molecule has 25 heavy (non-hydrogen) atoms. The molecule has 0 heterocycles. The van der Waals surface area contributed by atoms with E-state index in [1.807, 2.05) is 0 Å². The van der Waals surface area contributed by atoms with Crippen molar-refractivity contribution in [1.29, 1.82) is 0 Å². The zero-order valence-electron chi connectivity index (χ0n) is 17.2. The Morgan fingerprint density at radius 3 is 2.08 bits per heavy atom. The molecule has 0 bridgehead atoms. The van der Waals surface area contributed by atoms with Crippen molar-refractivity contribution in [3.8, 4) is 0 Å². The lowest BCUT2D eigenvalue weighted by Crippen LogP contribution is -2.55. The number of carboxylic acid groups (broad SMARTS) is 1. The standard InChI is InChI=1S/C20H38O4Si/c1-8-9-13-20(6,7)25(14(2)3,15(4)5)24-19(23)17-12-10-11-16(17)18(21)22/h14-17H,8-13H2,1-7H3,(H,21,22). The maximum absolute atomic E-state index is 13.1. The van der Waals surface area contributed by atoms with Crippen LogP contribution < -0.4 is 0 Å². The van der Waals surface area contributed by atoms with E-state index in [2.05, 4.69) is 48.5 Å². The van der Waals surface area contributed by atoms with Gasteiger partial charge < -0.3 is 9.53 Å². The largest absolute Gasteiger partial charge is 0.518 e. The molecule has 1 aliphatic rings. The molecule has 2 atom stereocenters. The van der Waals surface area contributed by atoms with Gasteiger partial charge in [-0.25, -0.2) is 0 Å². The van der Waals surface area contributed by atoms with Crippen LogP contribution >= 0.6 is 0 Å². The summed E-state index contributed by atoms with van der Waals surface area (Å²) in [6.07, 6.45) is 5.33. The van der Waals surface area contributed by atoms with Crippen molar-refractivity contribution in [2.75, 3.05) is 0 Å². The van der Waals surface area contributed by atoms with Crippen LogP contribution in [0.2, 0.25) is 16.1 Å². The minimum atomic E-state index is -2.45. The van der Waals surface area contributed by atoms with Gasteiger partial charge in [-0.1, -0.05) is 67.7 Å². The second kappa shape index (κ2) is 8.70. The molecule has 0 amide bonds. The predicted octanol–water partition coefficient (Wildman–Crippen LogP) is 5.77.